The number of nitrogens with zero attached hydrogens (tertiary/aromatic N) is 4. The molecule has 1 atom stereocenters. The number of nitrogens with one attached hydrogen (secondary N) is 2. The minimum Gasteiger partial charge on any atom is -0.362 e. The molecule has 0 aliphatic carbocycles. The van der Waals surface area contributed by atoms with E-state index in [0.29, 0.717) is 38.6 Å². The molecule has 0 radical (unpaired) electrons. The summed E-state index contributed by atoms with van der Waals surface area (Å²) in [6.45, 7) is 1.99. The maximum Gasteiger partial charge on any atom is 0.182 e. The number of anilines is 1. The zero-order valence-electron chi connectivity index (χ0n) is 15.9. The van der Waals surface area contributed by atoms with Crippen molar-refractivity contribution in [3.05, 3.63) is 77.6 Å². The van der Waals surface area contributed by atoms with Crippen LogP contribution in [-0.4, -0.2) is 24.9 Å². The van der Waals surface area contributed by atoms with Crippen molar-refractivity contribution in [3.63, 3.8) is 0 Å². The minimum absolute atomic E-state index is 0.210. The molecule has 0 aliphatic heterocycles. The number of hydrogen-bond acceptors (Lipinski definition) is 5. The van der Waals surface area contributed by atoms with Gasteiger partial charge in [0.1, 0.15) is 23.2 Å². The average Bonchev–Trinajstić information content (AvgIpc) is 3.24. The van der Waals surface area contributed by atoms with Crippen LogP contribution in [0.15, 0.2) is 61.2 Å². The van der Waals surface area contributed by atoms with Gasteiger partial charge in [-0.1, -0.05) is 41.9 Å². The van der Waals surface area contributed by atoms with Crippen LogP contribution < -0.4 is 5.32 Å². The number of H-pyrrole nitrogens is 1. The molecular formula is C22H16ClFN6. The highest BCUT2D eigenvalue weighted by Gasteiger charge is 2.19. The second-order valence-corrected chi connectivity index (χ2v) is 7.31. The third-order valence-corrected chi connectivity index (χ3v) is 5.33. The predicted molar refractivity (Wildman–Crippen MR) is 116 cm³/mol. The first-order valence-corrected chi connectivity index (χ1v) is 9.74. The zero-order valence-corrected chi connectivity index (χ0v) is 16.7. The Bertz CT molecular complexity index is 1380. The van der Waals surface area contributed by atoms with Crippen molar-refractivity contribution in [2.24, 2.45) is 0 Å². The van der Waals surface area contributed by atoms with Crippen LogP contribution >= 0.6 is 11.6 Å². The Balaban J connectivity index is 1.68. The SMILES string of the molecule is C[C@H](Nc1ncnc2nc[nH]c12)c1cc2cccc(F)c2nc1-c1ccccc1Cl. The molecule has 0 saturated heterocycles. The van der Waals surface area contributed by atoms with E-state index in [1.807, 2.05) is 37.3 Å². The third kappa shape index (κ3) is 3.13. The van der Waals surface area contributed by atoms with E-state index in [1.165, 1.54) is 12.4 Å². The van der Waals surface area contributed by atoms with Crippen LogP contribution in [0.2, 0.25) is 5.02 Å². The molecule has 148 valence electrons. The first-order valence-electron chi connectivity index (χ1n) is 9.36. The number of halogens is 2. The van der Waals surface area contributed by atoms with Crippen LogP contribution in [0, 0.1) is 5.82 Å². The van der Waals surface area contributed by atoms with Gasteiger partial charge in [-0.3, -0.25) is 0 Å². The summed E-state index contributed by atoms with van der Waals surface area (Å²) in [5.74, 6) is 0.248. The second-order valence-electron chi connectivity index (χ2n) is 6.91. The summed E-state index contributed by atoms with van der Waals surface area (Å²) in [6, 6.07) is 14.1. The molecule has 3 aromatic heterocycles. The van der Waals surface area contributed by atoms with Crippen LogP contribution in [0.4, 0.5) is 10.2 Å². The summed E-state index contributed by atoms with van der Waals surface area (Å²) in [4.78, 5) is 20.4. The van der Waals surface area contributed by atoms with E-state index < -0.39 is 0 Å². The molecule has 0 amide bonds. The normalized spacial score (nSPS) is 12.4. The Morgan fingerprint density at radius 2 is 1.93 bits per heavy atom. The molecule has 6 nitrogen and oxygen atoms in total. The molecule has 3 heterocycles. The largest absolute Gasteiger partial charge is 0.362 e. The molecule has 2 N–H and O–H groups in total. The van der Waals surface area contributed by atoms with E-state index in [1.54, 1.807) is 18.5 Å². The van der Waals surface area contributed by atoms with Gasteiger partial charge in [0.05, 0.1) is 18.1 Å². The van der Waals surface area contributed by atoms with E-state index >= 15 is 0 Å². The van der Waals surface area contributed by atoms with Gasteiger partial charge in [-0.25, -0.2) is 24.3 Å². The number of fused-ring (bicyclic) bond motifs is 2. The van der Waals surface area contributed by atoms with E-state index in [4.69, 9.17) is 11.6 Å². The van der Waals surface area contributed by atoms with Crippen LogP contribution in [-0.2, 0) is 0 Å². The monoisotopic (exact) mass is 418 g/mol. The van der Waals surface area contributed by atoms with Gasteiger partial charge in [-0.2, -0.15) is 0 Å². The van der Waals surface area contributed by atoms with Crippen LogP contribution in [0.3, 0.4) is 0 Å². The van der Waals surface area contributed by atoms with Gasteiger partial charge in [-0.05, 0) is 25.1 Å². The van der Waals surface area contributed by atoms with Crippen molar-refractivity contribution in [2.75, 3.05) is 5.32 Å². The summed E-state index contributed by atoms with van der Waals surface area (Å²) in [5, 5.41) is 4.66. The molecule has 0 saturated carbocycles. The molecule has 0 bridgehead atoms. The van der Waals surface area contributed by atoms with E-state index in [0.717, 1.165) is 11.1 Å². The number of benzene rings is 2. The molecule has 0 unspecified atom stereocenters. The third-order valence-electron chi connectivity index (χ3n) is 5.00. The number of hydrogen-bond donors (Lipinski definition) is 2. The fourth-order valence-corrected chi connectivity index (χ4v) is 3.76. The number of imidazole rings is 1. The lowest BCUT2D eigenvalue weighted by Crippen LogP contribution is -2.11. The lowest BCUT2D eigenvalue weighted by Gasteiger charge is -2.20. The highest BCUT2D eigenvalue weighted by Crippen LogP contribution is 2.35. The van der Waals surface area contributed by atoms with Gasteiger partial charge in [-0.15, -0.1) is 0 Å². The summed E-state index contributed by atoms with van der Waals surface area (Å²) in [7, 11) is 0. The smallest absolute Gasteiger partial charge is 0.182 e. The Morgan fingerprint density at radius 3 is 2.80 bits per heavy atom. The highest BCUT2D eigenvalue weighted by atomic mass is 35.5. The fourth-order valence-electron chi connectivity index (χ4n) is 3.54. The highest BCUT2D eigenvalue weighted by molar-refractivity contribution is 6.33. The quantitative estimate of drug-likeness (QED) is 0.401. The van der Waals surface area contributed by atoms with Crippen LogP contribution in [0.5, 0.6) is 0 Å². The summed E-state index contributed by atoms with van der Waals surface area (Å²) >= 11 is 6.46. The van der Waals surface area contributed by atoms with Gasteiger partial charge in [0.25, 0.3) is 0 Å². The van der Waals surface area contributed by atoms with Crippen molar-refractivity contribution in [3.8, 4) is 11.3 Å². The Hall–Kier alpha value is -3.58. The molecule has 8 heteroatoms. The van der Waals surface area contributed by atoms with Crippen molar-refractivity contribution in [1.29, 1.82) is 0 Å². The van der Waals surface area contributed by atoms with Gasteiger partial charge >= 0.3 is 0 Å². The van der Waals surface area contributed by atoms with Crippen LogP contribution in [0.25, 0.3) is 33.3 Å². The molecular weight excluding hydrogens is 403 g/mol. The predicted octanol–water partition coefficient (Wildman–Crippen LogP) is 5.53. The first-order chi connectivity index (χ1) is 14.6. The first kappa shape index (κ1) is 18.4. The lowest BCUT2D eigenvalue weighted by atomic mass is 9.98. The summed E-state index contributed by atoms with van der Waals surface area (Å²) in [6.07, 6.45) is 3.03. The van der Waals surface area contributed by atoms with Crippen LogP contribution in [0.1, 0.15) is 18.5 Å². The topological polar surface area (TPSA) is 79.4 Å². The molecule has 0 aliphatic rings. The van der Waals surface area contributed by atoms with Crippen molar-refractivity contribution < 1.29 is 4.39 Å². The molecule has 30 heavy (non-hydrogen) atoms. The van der Waals surface area contributed by atoms with Gasteiger partial charge < -0.3 is 10.3 Å². The Labute approximate surface area is 176 Å². The molecule has 0 spiro atoms. The molecule has 0 fully saturated rings. The second kappa shape index (κ2) is 7.35. The van der Waals surface area contributed by atoms with Crippen molar-refractivity contribution >= 4 is 39.5 Å². The Morgan fingerprint density at radius 1 is 1.07 bits per heavy atom. The lowest BCUT2D eigenvalue weighted by molar-refractivity contribution is 0.636. The number of aromatic amines is 1. The van der Waals surface area contributed by atoms with Gasteiger partial charge in [0.15, 0.2) is 11.5 Å². The van der Waals surface area contributed by atoms with E-state index in [2.05, 4.69) is 30.2 Å². The maximum absolute atomic E-state index is 14.5. The Kier molecular flexibility index (Phi) is 4.52. The number of aromatic nitrogens is 5. The van der Waals surface area contributed by atoms with E-state index in [9.17, 15) is 4.39 Å². The fraction of sp³-hybridized carbons (Fsp3) is 0.0909. The van der Waals surface area contributed by atoms with Gasteiger partial charge in [0, 0.05) is 21.5 Å². The average molecular weight is 419 g/mol. The summed E-state index contributed by atoms with van der Waals surface area (Å²) < 4.78 is 14.5. The molecule has 5 rings (SSSR count). The number of para-hydroxylation sites is 1. The number of pyridine rings is 1. The summed E-state index contributed by atoms with van der Waals surface area (Å²) in [5.41, 5.74) is 3.82. The standard InChI is InChI=1S/C22H16ClFN6/c1-12(29-22-20-21(26-10-25-20)27-11-28-22)15-9-13-5-4-8-17(24)18(13)30-19(15)14-6-2-3-7-16(14)23/h2-12H,1H3,(H2,25,26,27,28,29)/t12-/m0/s1. The maximum atomic E-state index is 14.5. The van der Waals surface area contributed by atoms with Crippen molar-refractivity contribution in [2.45, 2.75) is 13.0 Å². The zero-order chi connectivity index (χ0) is 20.7. The van der Waals surface area contributed by atoms with Crippen molar-refractivity contribution in [1.82, 2.24) is 24.9 Å². The molecule has 5 aromatic rings. The molecule has 2 aromatic carbocycles. The van der Waals surface area contributed by atoms with Gasteiger partial charge in [0.2, 0.25) is 0 Å². The van der Waals surface area contributed by atoms with E-state index in [-0.39, 0.29) is 11.9 Å². The minimum atomic E-state index is -0.372. The number of rotatable bonds is 4.